The number of aliphatic hydroxyl groups excluding tert-OH is 2. The topological polar surface area (TPSA) is 77.8 Å². The van der Waals surface area contributed by atoms with Crippen LogP contribution in [0.1, 0.15) is 21.5 Å². The van der Waals surface area contributed by atoms with Crippen LogP contribution in [0.5, 0.6) is 5.75 Å². The number of aldehydes is 1. The fourth-order valence-corrected chi connectivity index (χ4v) is 1.16. The summed E-state index contributed by atoms with van der Waals surface area (Å²) in [4.78, 5) is 10.5. The van der Waals surface area contributed by atoms with E-state index in [0.29, 0.717) is 11.8 Å². The van der Waals surface area contributed by atoms with Gasteiger partial charge in [-0.3, -0.25) is 4.79 Å². The summed E-state index contributed by atoms with van der Waals surface area (Å²) in [7, 11) is 0. The van der Waals surface area contributed by atoms with Crippen LogP contribution in [0.25, 0.3) is 0 Å². The Hall–Kier alpha value is -1.39. The van der Waals surface area contributed by atoms with E-state index >= 15 is 0 Å². The zero-order valence-electron chi connectivity index (χ0n) is 6.90. The van der Waals surface area contributed by atoms with Crippen molar-refractivity contribution >= 4 is 6.29 Å². The van der Waals surface area contributed by atoms with E-state index in [0.717, 1.165) is 0 Å². The van der Waals surface area contributed by atoms with Crippen molar-refractivity contribution in [3.8, 4) is 5.75 Å². The van der Waals surface area contributed by atoms with Crippen LogP contribution in [0, 0.1) is 0 Å². The van der Waals surface area contributed by atoms with Crippen molar-refractivity contribution in [3.05, 3.63) is 28.8 Å². The molecule has 0 bridgehead atoms. The minimum absolute atomic E-state index is 0.0362. The van der Waals surface area contributed by atoms with Gasteiger partial charge in [0.05, 0.1) is 18.8 Å². The number of phenols is 1. The quantitative estimate of drug-likeness (QED) is 0.583. The van der Waals surface area contributed by atoms with Crippen molar-refractivity contribution in [2.45, 2.75) is 13.2 Å². The van der Waals surface area contributed by atoms with Crippen molar-refractivity contribution in [2.75, 3.05) is 0 Å². The summed E-state index contributed by atoms with van der Waals surface area (Å²) in [5, 5.41) is 27.0. The van der Waals surface area contributed by atoms with E-state index in [2.05, 4.69) is 0 Å². The highest BCUT2D eigenvalue weighted by atomic mass is 16.3. The van der Waals surface area contributed by atoms with E-state index in [1.54, 1.807) is 0 Å². The minimum atomic E-state index is -0.377. The van der Waals surface area contributed by atoms with Crippen LogP contribution >= 0.6 is 0 Å². The normalized spacial score (nSPS) is 10.0. The van der Waals surface area contributed by atoms with Crippen LogP contribution < -0.4 is 0 Å². The largest absolute Gasteiger partial charge is 0.507 e. The van der Waals surface area contributed by atoms with Gasteiger partial charge in [-0.25, -0.2) is 0 Å². The molecule has 0 aliphatic heterocycles. The van der Waals surface area contributed by atoms with E-state index in [9.17, 15) is 9.90 Å². The molecule has 0 amide bonds. The van der Waals surface area contributed by atoms with E-state index in [1.165, 1.54) is 12.1 Å². The van der Waals surface area contributed by atoms with Gasteiger partial charge in [0, 0.05) is 0 Å². The second-order valence-electron chi connectivity index (χ2n) is 2.57. The molecule has 0 aliphatic rings. The molecule has 0 fully saturated rings. The summed E-state index contributed by atoms with van der Waals surface area (Å²) in [6.45, 7) is -0.643. The van der Waals surface area contributed by atoms with Gasteiger partial charge < -0.3 is 15.3 Å². The molecule has 0 unspecified atom stereocenters. The van der Waals surface area contributed by atoms with Gasteiger partial charge in [-0.2, -0.15) is 0 Å². The Labute approximate surface area is 75.1 Å². The summed E-state index contributed by atoms with van der Waals surface area (Å²) in [5.74, 6) is -0.184. The molecule has 0 spiro atoms. The zero-order chi connectivity index (χ0) is 9.84. The molecule has 1 aromatic rings. The lowest BCUT2D eigenvalue weighted by Gasteiger charge is -2.08. The number of carbonyl (C=O) groups excluding carboxylic acids is 1. The molecule has 0 saturated carbocycles. The van der Waals surface area contributed by atoms with Crippen LogP contribution in [0.2, 0.25) is 0 Å². The van der Waals surface area contributed by atoms with Crippen LogP contribution in [0.3, 0.4) is 0 Å². The summed E-state index contributed by atoms with van der Waals surface area (Å²) in [6.07, 6.45) is 0.458. The average molecular weight is 182 g/mol. The van der Waals surface area contributed by atoms with E-state index in [1.807, 2.05) is 0 Å². The van der Waals surface area contributed by atoms with Gasteiger partial charge in [0.25, 0.3) is 0 Å². The molecule has 13 heavy (non-hydrogen) atoms. The van der Waals surface area contributed by atoms with Gasteiger partial charge in [0.1, 0.15) is 5.75 Å². The summed E-state index contributed by atoms with van der Waals surface area (Å²) in [6, 6.07) is 2.78. The molecule has 70 valence electrons. The second-order valence-corrected chi connectivity index (χ2v) is 2.57. The molecule has 4 heteroatoms. The first-order valence-electron chi connectivity index (χ1n) is 3.75. The Morgan fingerprint density at radius 2 is 1.92 bits per heavy atom. The maximum absolute atomic E-state index is 10.5. The Bertz CT molecular complexity index is 320. The predicted molar refractivity (Wildman–Crippen MR) is 45.3 cm³/mol. The first-order valence-corrected chi connectivity index (χ1v) is 3.75. The highest BCUT2D eigenvalue weighted by Crippen LogP contribution is 2.22. The fraction of sp³-hybridized carbons (Fsp3) is 0.222. The van der Waals surface area contributed by atoms with E-state index < -0.39 is 0 Å². The lowest BCUT2D eigenvalue weighted by molar-refractivity contribution is 0.111. The number of aliphatic hydroxyl groups is 2. The number of aromatic hydroxyl groups is 1. The smallest absolute Gasteiger partial charge is 0.154 e. The van der Waals surface area contributed by atoms with Crippen LogP contribution in [0.15, 0.2) is 12.1 Å². The zero-order valence-corrected chi connectivity index (χ0v) is 6.90. The highest BCUT2D eigenvalue weighted by Gasteiger charge is 2.10. The second kappa shape index (κ2) is 4.02. The molecule has 0 aromatic heterocycles. The Kier molecular flexibility index (Phi) is 3.00. The third-order valence-corrected chi connectivity index (χ3v) is 1.88. The molecule has 1 rings (SSSR count). The van der Waals surface area contributed by atoms with Gasteiger partial charge in [-0.1, -0.05) is 6.07 Å². The molecule has 0 atom stereocenters. The number of hydrogen-bond acceptors (Lipinski definition) is 4. The molecular formula is C9H10O4. The van der Waals surface area contributed by atoms with Gasteiger partial charge in [-0.15, -0.1) is 0 Å². The Morgan fingerprint density at radius 3 is 2.38 bits per heavy atom. The third kappa shape index (κ3) is 1.68. The molecule has 0 saturated heterocycles. The fourth-order valence-electron chi connectivity index (χ4n) is 1.16. The predicted octanol–water partition coefficient (Wildman–Crippen LogP) is 0.189. The average Bonchev–Trinajstić information content (AvgIpc) is 2.17. The molecule has 0 radical (unpaired) electrons. The number of rotatable bonds is 3. The van der Waals surface area contributed by atoms with Crippen LogP contribution in [-0.2, 0) is 13.2 Å². The minimum Gasteiger partial charge on any atom is -0.507 e. The summed E-state index contributed by atoms with van der Waals surface area (Å²) in [5.41, 5.74) is 0.758. The first kappa shape index (κ1) is 9.70. The van der Waals surface area contributed by atoms with Crippen LogP contribution in [-0.4, -0.2) is 21.6 Å². The summed E-state index contributed by atoms with van der Waals surface area (Å²) >= 11 is 0. The molecule has 4 nitrogen and oxygen atoms in total. The monoisotopic (exact) mass is 182 g/mol. The Morgan fingerprint density at radius 1 is 1.23 bits per heavy atom. The molecule has 1 aromatic carbocycles. The van der Waals surface area contributed by atoms with E-state index in [-0.39, 0.29) is 30.1 Å². The van der Waals surface area contributed by atoms with Crippen molar-refractivity contribution in [3.63, 3.8) is 0 Å². The van der Waals surface area contributed by atoms with Gasteiger partial charge in [-0.05, 0) is 17.2 Å². The third-order valence-electron chi connectivity index (χ3n) is 1.88. The number of phenolic OH excluding ortho intramolecular Hbond substituents is 1. The van der Waals surface area contributed by atoms with Crippen molar-refractivity contribution < 1.29 is 20.1 Å². The number of benzene rings is 1. The lowest BCUT2D eigenvalue weighted by Crippen LogP contribution is -1.99. The van der Waals surface area contributed by atoms with Gasteiger partial charge >= 0.3 is 0 Å². The molecular weight excluding hydrogens is 172 g/mol. The van der Waals surface area contributed by atoms with Gasteiger partial charge in [0.2, 0.25) is 0 Å². The number of carbonyl (C=O) groups is 1. The maximum atomic E-state index is 10.5. The van der Waals surface area contributed by atoms with Crippen molar-refractivity contribution in [1.29, 1.82) is 0 Å². The molecule has 3 N–H and O–H groups in total. The molecule has 0 aliphatic carbocycles. The summed E-state index contributed by atoms with van der Waals surface area (Å²) < 4.78 is 0. The van der Waals surface area contributed by atoms with Crippen LogP contribution in [0.4, 0.5) is 0 Å². The highest BCUT2D eigenvalue weighted by molar-refractivity contribution is 5.82. The Balaban J connectivity index is 3.36. The number of hydrogen-bond donors (Lipinski definition) is 3. The standard InChI is InChI=1S/C9H10O4/c10-3-6-1-2-9(13)8(5-12)7(6)4-11/h1-2,5,10-11,13H,3-4H2. The SMILES string of the molecule is O=Cc1c(O)ccc(CO)c1CO. The van der Waals surface area contributed by atoms with Crippen molar-refractivity contribution in [2.24, 2.45) is 0 Å². The lowest BCUT2D eigenvalue weighted by atomic mass is 10.0. The van der Waals surface area contributed by atoms with E-state index in [4.69, 9.17) is 10.2 Å². The van der Waals surface area contributed by atoms with Crippen molar-refractivity contribution in [1.82, 2.24) is 0 Å². The molecule has 0 heterocycles. The first-order chi connectivity index (χ1) is 6.24. The maximum Gasteiger partial charge on any atom is 0.154 e. The van der Waals surface area contributed by atoms with Gasteiger partial charge in [0.15, 0.2) is 6.29 Å².